The summed E-state index contributed by atoms with van der Waals surface area (Å²) < 4.78 is 195. The van der Waals surface area contributed by atoms with Crippen molar-refractivity contribution in [1.29, 1.82) is 0 Å². The quantitative estimate of drug-likeness (QED) is 0.349. The van der Waals surface area contributed by atoms with Gasteiger partial charge in [0.1, 0.15) is 0 Å². The lowest BCUT2D eigenvalue weighted by molar-refractivity contribution is -0.310. The summed E-state index contributed by atoms with van der Waals surface area (Å²) in [7, 11) is -10.7. The maximum Gasteiger partial charge on any atom is 0.502 e. The van der Waals surface area contributed by atoms with Crippen LogP contribution in [0, 0.1) is 0 Å². The zero-order valence-electron chi connectivity index (χ0n) is 9.55. The summed E-state index contributed by atoms with van der Waals surface area (Å²) in [4.78, 5) is 0. The highest BCUT2D eigenvalue weighted by atomic mass is 28.4. The molecule has 0 saturated heterocycles. The molecule has 0 aliphatic rings. The highest BCUT2D eigenvalue weighted by Gasteiger charge is 3.01. The van der Waals surface area contributed by atoms with Gasteiger partial charge < -0.3 is 0 Å². The molecule has 0 aliphatic heterocycles. The Balaban J connectivity index is 6.97. The third-order valence-electron chi connectivity index (χ3n) is 2.37. The van der Waals surface area contributed by atoms with E-state index in [2.05, 4.69) is 0 Å². The van der Waals surface area contributed by atoms with Crippen LogP contribution in [0.4, 0.5) is 70.0 Å². The molecule has 0 fully saturated rings. The summed E-state index contributed by atoms with van der Waals surface area (Å²) in [6.07, 6.45) is -23.6. The van der Waals surface area contributed by atoms with E-state index in [9.17, 15) is 70.0 Å². The van der Waals surface area contributed by atoms with E-state index in [0.29, 0.717) is 0 Å². The van der Waals surface area contributed by atoms with Crippen molar-refractivity contribution in [3.63, 3.8) is 0 Å². The number of alkyl halides is 15. The van der Waals surface area contributed by atoms with Gasteiger partial charge in [0.2, 0.25) is 0 Å². The smallest absolute Gasteiger partial charge is 0.291 e. The van der Waals surface area contributed by atoms with Crippen LogP contribution in [0.3, 0.4) is 0 Å². The molecule has 0 aromatic carbocycles. The maximum absolute atomic E-state index is 13.3. The fourth-order valence-electron chi connectivity index (χ4n) is 1.18. The molecule has 0 heterocycles. The predicted octanol–water partition coefficient (Wildman–Crippen LogP) is 5.11. The van der Waals surface area contributed by atoms with Crippen molar-refractivity contribution in [3.05, 3.63) is 0 Å². The van der Waals surface area contributed by atoms with E-state index in [4.69, 9.17) is 0 Å². The first-order valence-electron chi connectivity index (χ1n) is 4.52. The third-order valence-corrected chi connectivity index (χ3v) is 5.81. The molecule has 23 heavy (non-hydrogen) atoms. The monoisotopic (exact) mass is 404 g/mol. The molecule has 0 aliphatic carbocycles. The van der Waals surface area contributed by atoms with Gasteiger partial charge in [-0.15, -0.1) is 0 Å². The Hall–Kier alpha value is -0.903. The summed E-state index contributed by atoms with van der Waals surface area (Å²) in [5.74, 6) is 0. The van der Waals surface area contributed by atoms with Gasteiger partial charge in [0.05, 0.1) is 0 Å². The summed E-state index contributed by atoms with van der Waals surface area (Å²) in [6, 6.07) is 0. The second kappa shape index (κ2) is 5.04. The van der Waals surface area contributed by atoms with Crippen molar-refractivity contribution in [2.24, 2.45) is 0 Å². The van der Waals surface area contributed by atoms with Gasteiger partial charge in [-0.25, -0.2) is 0 Å². The molecule has 17 heteroatoms. The van der Waals surface area contributed by atoms with Gasteiger partial charge in [0.25, 0.3) is 0 Å². The van der Waals surface area contributed by atoms with E-state index in [1.54, 1.807) is 0 Å². The zero-order valence-corrected chi connectivity index (χ0v) is 10.5. The average Bonchev–Trinajstić information content (AvgIpc) is 2.22. The van der Waals surface area contributed by atoms with Crippen LogP contribution >= 0.6 is 0 Å². The molecule has 140 valence electrons. The Morgan fingerprint density at radius 2 is 0.478 bits per heavy atom. The van der Waals surface area contributed by atoms with Crippen LogP contribution in [0.2, 0.25) is 0 Å². The standard InChI is InChI=1S/C6F16Si/c7-1(8,9)4(16,17)23(22,5(18,19)2(10,11)12)6(20,21)3(13,14)15. The Kier molecular flexibility index (Phi) is 4.85. The van der Waals surface area contributed by atoms with Gasteiger partial charge in [-0.2, -0.15) is 65.9 Å². The molecular weight excluding hydrogens is 404 g/mol. The molecule has 0 spiro atoms. The first-order valence-corrected chi connectivity index (χ1v) is 6.40. The van der Waals surface area contributed by atoms with Gasteiger partial charge in [-0.3, -0.25) is 4.11 Å². The van der Waals surface area contributed by atoms with Crippen LogP contribution in [-0.2, 0) is 0 Å². The number of halogens is 16. The number of hydrogen-bond acceptors (Lipinski definition) is 0. The zero-order chi connectivity index (χ0) is 19.5. The van der Waals surface area contributed by atoms with Crippen LogP contribution in [0.1, 0.15) is 0 Å². The second-order valence-electron chi connectivity index (χ2n) is 3.87. The summed E-state index contributed by atoms with van der Waals surface area (Å²) in [5.41, 5.74) is -24.9. The van der Waals surface area contributed by atoms with Crippen LogP contribution in [0.5, 0.6) is 0 Å². The Morgan fingerprint density at radius 3 is 0.565 bits per heavy atom. The molecular formula is C6F16Si. The second-order valence-corrected chi connectivity index (χ2v) is 7.08. The lowest BCUT2D eigenvalue weighted by atomic mass is 10.6. The topological polar surface area (TPSA) is 0 Å². The Morgan fingerprint density at radius 1 is 0.348 bits per heavy atom. The molecule has 0 unspecified atom stereocenters. The van der Waals surface area contributed by atoms with Crippen molar-refractivity contribution < 1.29 is 70.0 Å². The summed E-state index contributed by atoms with van der Waals surface area (Å²) in [6.45, 7) is 0. The van der Waals surface area contributed by atoms with Crippen molar-refractivity contribution in [2.75, 3.05) is 0 Å². The van der Waals surface area contributed by atoms with E-state index in [-0.39, 0.29) is 0 Å². The van der Waals surface area contributed by atoms with Crippen LogP contribution in [-0.4, -0.2) is 43.6 Å². The molecule has 0 amide bonds. The van der Waals surface area contributed by atoms with E-state index in [1.807, 2.05) is 0 Å². The van der Waals surface area contributed by atoms with Crippen molar-refractivity contribution >= 4 is 8.41 Å². The molecule has 0 radical (unpaired) electrons. The predicted molar refractivity (Wildman–Crippen MR) is 39.9 cm³/mol. The minimum absolute atomic E-state index is 7.88. The molecule has 0 rings (SSSR count). The maximum atomic E-state index is 13.3. The highest BCUT2D eigenvalue weighted by molar-refractivity contribution is 6.81. The van der Waals surface area contributed by atoms with Gasteiger partial charge in [0, 0.05) is 0 Å². The first-order chi connectivity index (χ1) is 9.50. The summed E-state index contributed by atoms with van der Waals surface area (Å²) in [5, 5.41) is 0. The molecule has 0 aromatic rings. The van der Waals surface area contributed by atoms with Gasteiger partial charge >= 0.3 is 43.6 Å². The van der Waals surface area contributed by atoms with E-state index in [0.717, 1.165) is 0 Å². The van der Waals surface area contributed by atoms with E-state index >= 15 is 0 Å². The fourth-order valence-corrected chi connectivity index (χ4v) is 3.53. The number of rotatable bonds is 3. The van der Waals surface area contributed by atoms with Gasteiger partial charge in [0.15, 0.2) is 0 Å². The molecule has 0 aromatic heterocycles. The summed E-state index contributed by atoms with van der Waals surface area (Å²) >= 11 is 0. The fraction of sp³-hybridized carbons (Fsp3) is 1.00. The highest BCUT2D eigenvalue weighted by Crippen LogP contribution is 2.62. The molecule has 0 N–H and O–H groups in total. The minimum Gasteiger partial charge on any atom is -0.291 e. The normalized spacial score (nSPS) is 16.7. The van der Waals surface area contributed by atoms with Gasteiger partial charge in [-0.1, -0.05) is 0 Å². The van der Waals surface area contributed by atoms with E-state index < -0.39 is 43.6 Å². The lowest BCUT2D eigenvalue weighted by Gasteiger charge is -2.41. The first kappa shape index (κ1) is 22.1. The van der Waals surface area contributed by atoms with Crippen molar-refractivity contribution in [2.45, 2.75) is 35.2 Å². The van der Waals surface area contributed by atoms with Crippen molar-refractivity contribution in [1.82, 2.24) is 0 Å². The Labute approximate surface area is 115 Å². The van der Waals surface area contributed by atoms with Crippen molar-refractivity contribution in [3.8, 4) is 0 Å². The largest absolute Gasteiger partial charge is 0.502 e. The average molecular weight is 404 g/mol. The number of hydrogen-bond donors (Lipinski definition) is 0. The van der Waals surface area contributed by atoms with E-state index in [1.165, 1.54) is 0 Å². The van der Waals surface area contributed by atoms with Crippen LogP contribution < -0.4 is 0 Å². The Bertz CT molecular complexity index is 370. The molecule has 0 nitrogen and oxygen atoms in total. The minimum atomic E-state index is -10.7. The SMILES string of the molecule is FC(F)(F)C(F)(F)[Si](F)(C(F)(F)C(F)(F)F)C(F)(F)C(F)(F)F. The molecule has 0 saturated carbocycles. The lowest BCUT2D eigenvalue weighted by Crippen LogP contribution is -2.82. The molecule has 0 atom stereocenters. The van der Waals surface area contributed by atoms with Gasteiger partial charge in [-0.05, 0) is 0 Å². The van der Waals surface area contributed by atoms with Crippen LogP contribution in [0.15, 0.2) is 0 Å². The van der Waals surface area contributed by atoms with Crippen LogP contribution in [0.25, 0.3) is 0 Å². The third kappa shape index (κ3) is 2.73. The molecule has 0 bridgehead atoms.